The summed E-state index contributed by atoms with van der Waals surface area (Å²) in [7, 11) is 0. The van der Waals surface area contributed by atoms with Crippen molar-refractivity contribution in [3.05, 3.63) is 29.3 Å². The number of hydrogen-bond acceptors (Lipinski definition) is 3. The summed E-state index contributed by atoms with van der Waals surface area (Å²) in [6, 6.07) is 5.86. The fourth-order valence-corrected chi connectivity index (χ4v) is 1.64. The number of primary amides is 1. The van der Waals surface area contributed by atoms with Crippen molar-refractivity contribution >= 4 is 5.91 Å². The number of amides is 1. The van der Waals surface area contributed by atoms with Crippen LogP contribution in [-0.4, -0.2) is 25.1 Å². The number of carbonyl (C=O) groups excluding carboxylic acids is 1. The molecule has 1 aromatic carbocycles. The summed E-state index contributed by atoms with van der Waals surface area (Å²) >= 11 is 0. The van der Waals surface area contributed by atoms with Crippen molar-refractivity contribution in [2.24, 2.45) is 5.73 Å². The normalized spacial score (nSPS) is 18.9. The van der Waals surface area contributed by atoms with Gasteiger partial charge in [-0.1, -0.05) is 6.07 Å². The highest BCUT2D eigenvalue weighted by Crippen LogP contribution is 2.17. The Morgan fingerprint density at radius 2 is 2.38 bits per heavy atom. The average molecular weight is 220 g/mol. The first-order valence-corrected chi connectivity index (χ1v) is 5.43. The minimum absolute atomic E-state index is 0.412. The molecular weight excluding hydrogens is 204 g/mol. The van der Waals surface area contributed by atoms with Crippen LogP contribution in [-0.2, 0) is 0 Å². The Hall–Kier alpha value is -1.55. The van der Waals surface area contributed by atoms with Crippen LogP contribution in [0.25, 0.3) is 0 Å². The molecule has 86 valence electrons. The summed E-state index contributed by atoms with van der Waals surface area (Å²) in [5.41, 5.74) is 6.67. The number of benzene rings is 1. The van der Waals surface area contributed by atoms with Gasteiger partial charge in [-0.15, -0.1) is 0 Å². The van der Waals surface area contributed by atoms with Crippen LogP contribution in [0.1, 0.15) is 22.3 Å². The molecule has 0 spiro atoms. The molecule has 1 aliphatic heterocycles. The third-order valence-corrected chi connectivity index (χ3v) is 2.85. The predicted octanol–water partition coefficient (Wildman–Crippen LogP) is 0.835. The van der Waals surface area contributed by atoms with E-state index in [9.17, 15) is 4.79 Å². The van der Waals surface area contributed by atoms with E-state index in [1.165, 1.54) is 0 Å². The molecular formula is C12H16N2O2. The van der Waals surface area contributed by atoms with E-state index < -0.39 is 5.91 Å². The molecule has 16 heavy (non-hydrogen) atoms. The van der Waals surface area contributed by atoms with E-state index >= 15 is 0 Å². The molecule has 1 fully saturated rings. The standard InChI is InChI=1S/C12H16N2O2/c1-8-2-3-10(6-11(8)12(13)15)16-7-9-4-5-14-9/h2-3,6,9,14H,4-5,7H2,1H3,(H2,13,15)/t9-/m0/s1. The molecule has 0 saturated carbocycles. The van der Waals surface area contributed by atoms with Gasteiger partial charge in [0.1, 0.15) is 12.4 Å². The number of aryl methyl sites for hydroxylation is 1. The first-order valence-electron chi connectivity index (χ1n) is 5.43. The van der Waals surface area contributed by atoms with E-state index in [1.807, 2.05) is 19.1 Å². The number of rotatable bonds is 4. The van der Waals surface area contributed by atoms with Crippen molar-refractivity contribution in [2.45, 2.75) is 19.4 Å². The van der Waals surface area contributed by atoms with Crippen molar-refractivity contribution in [3.63, 3.8) is 0 Å². The lowest BCUT2D eigenvalue weighted by atomic mass is 10.1. The van der Waals surface area contributed by atoms with Gasteiger partial charge in [-0.25, -0.2) is 0 Å². The lowest BCUT2D eigenvalue weighted by Crippen LogP contribution is -2.46. The first-order chi connectivity index (χ1) is 7.66. The zero-order valence-corrected chi connectivity index (χ0v) is 9.32. The zero-order valence-electron chi connectivity index (χ0n) is 9.32. The molecule has 4 heteroatoms. The number of ether oxygens (including phenoxy) is 1. The van der Waals surface area contributed by atoms with Gasteiger partial charge in [0, 0.05) is 11.6 Å². The zero-order chi connectivity index (χ0) is 11.5. The molecule has 1 aromatic rings. The highest BCUT2D eigenvalue weighted by molar-refractivity contribution is 5.94. The summed E-state index contributed by atoms with van der Waals surface area (Å²) in [6.07, 6.45) is 1.15. The molecule has 1 atom stereocenters. The van der Waals surface area contributed by atoms with E-state index in [0.29, 0.717) is 24.0 Å². The molecule has 0 aromatic heterocycles. The van der Waals surface area contributed by atoms with Gasteiger partial charge >= 0.3 is 0 Å². The van der Waals surface area contributed by atoms with Crippen LogP contribution < -0.4 is 15.8 Å². The third kappa shape index (κ3) is 2.33. The smallest absolute Gasteiger partial charge is 0.249 e. The molecule has 0 bridgehead atoms. The van der Waals surface area contributed by atoms with E-state index in [2.05, 4.69) is 5.32 Å². The van der Waals surface area contributed by atoms with Gasteiger partial charge in [0.05, 0.1) is 0 Å². The predicted molar refractivity (Wildman–Crippen MR) is 61.6 cm³/mol. The molecule has 0 unspecified atom stereocenters. The quantitative estimate of drug-likeness (QED) is 0.790. The number of hydrogen-bond donors (Lipinski definition) is 2. The summed E-state index contributed by atoms with van der Waals surface area (Å²) < 4.78 is 5.59. The van der Waals surface area contributed by atoms with E-state index in [0.717, 1.165) is 18.5 Å². The molecule has 1 saturated heterocycles. The first kappa shape index (κ1) is 11.0. The summed E-state index contributed by atoms with van der Waals surface area (Å²) in [5.74, 6) is 0.290. The Labute approximate surface area is 94.8 Å². The molecule has 3 N–H and O–H groups in total. The van der Waals surface area contributed by atoms with Crippen LogP contribution in [0.15, 0.2) is 18.2 Å². The van der Waals surface area contributed by atoms with Crippen LogP contribution in [0.2, 0.25) is 0 Å². The second-order valence-electron chi connectivity index (χ2n) is 4.09. The largest absolute Gasteiger partial charge is 0.492 e. The average Bonchev–Trinajstić information content (AvgIpc) is 2.17. The van der Waals surface area contributed by atoms with Gasteiger partial charge in [-0.05, 0) is 37.6 Å². The molecule has 0 radical (unpaired) electrons. The van der Waals surface area contributed by atoms with Crippen LogP contribution in [0.5, 0.6) is 5.75 Å². The molecule has 0 aliphatic carbocycles. The number of nitrogens with two attached hydrogens (primary N) is 1. The molecule has 4 nitrogen and oxygen atoms in total. The summed E-state index contributed by atoms with van der Waals surface area (Å²) in [5, 5.41) is 3.25. The Morgan fingerprint density at radius 1 is 1.62 bits per heavy atom. The highest BCUT2D eigenvalue weighted by atomic mass is 16.5. The van der Waals surface area contributed by atoms with E-state index in [-0.39, 0.29) is 0 Å². The Kier molecular flexibility index (Phi) is 3.10. The van der Waals surface area contributed by atoms with Gasteiger partial charge in [-0.2, -0.15) is 0 Å². The fourth-order valence-electron chi connectivity index (χ4n) is 1.64. The minimum Gasteiger partial charge on any atom is -0.492 e. The monoisotopic (exact) mass is 220 g/mol. The molecule has 2 rings (SSSR count). The van der Waals surface area contributed by atoms with Crippen molar-refractivity contribution in [1.29, 1.82) is 0 Å². The fraction of sp³-hybridized carbons (Fsp3) is 0.417. The lowest BCUT2D eigenvalue weighted by molar-refractivity contribution is 0.0999. The number of carbonyl (C=O) groups is 1. The molecule has 1 aliphatic rings. The maximum Gasteiger partial charge on any atom is 0.249 e. The Bertz CT molecular complexity index is 400. The lowest BCUT2D eigenvalue weighted by Gasteiger charge is -2.27. The van der Waals surface area contributed by atoms with Crippen LogP contribution in [0.4, 0.5) is 0 Å². The maximum atomic E-state index is 11.1. The highest BCUT2D eigenvalue weighted by Gasteiger charge is 2.16. The van der Waals surface area contributed by atoms with Crippen molar-refractivity contribution < 1.29 is 9.53 Å². The minimum atomic E-state index is -0.412. The van der Waals surface area contributed by atoms with Crippen molar-refractivity contribution in [1.82, 2.24) is 5.32 Å². The van der Waals surface area contributed by atoms with Crippen LogP contribution in [0, 0.1) is 6.92 Å². The van der Waals surface area contributed by atoms with Gasteiger partial charge in [0.15, 0.2) is 0 Å². The molecule has 1 amide bonds. The van der Waals surface area contributed by atoms with Gasteiger partial charge in [0.25, 0.3) is 0 Å². The Morgan fingerprint density at radius 3 is 2.94 bits per heavy atom. The SMILES string of the molecule is Cc1ccc(OC[C@@H]2CCN2)cc1C(N)=O. The maximum absolute atomic E-state index is 11.1. The van der Waals surface area contributed by atoms with E-state index in [1.54, 1.807) is 6.07 Å². The second-order valence-corrected chi connectivity index (χ2v) is 4.09. The third-order valence-electron chi connectivity index (χ3n) is 2.85. The van der Waals surface area contributed by atoms with Crippen molar-refractivity contribution in [2.75, 3.05) is 13.2 Å². The van der Waals surface area contributed by atoms with E-state index in [4.69, 9.17) is 10.5 Å². The Balaban J connectivity index is 2.03. The number of nitrogens with one attached hydrogen (secondary N) is 1. The summed E-state index contributed by atoms with van der Waals surface area (Å²) in [4.78, 5) is 11.1. The topological polar surface area (TPSA) is 64.3 Å². The summed E-state index contributed by atoms with van der Waals surface area (Å²) in [6.45, 7) is 3.56. The van der Waals surface area contributed by atoms with Gasteiger partial charge in [0.2, 0.25) is 5.91 Å². The van der Waals surface area contributed by atoms with Crippen molar-refractivity contribution in [3.8, 4) is 5.75 Å². The van der Waals surface area contributed by atoms with Gasteiger partial charge < -0.3 is 15.8 Å². The van der Waals surface area contributed by atoms with Crippen LogP contribution >= 0.6 is 0 Å². The van der Waals surface area contributed by atoms with Gasteiger partial charge in [-0.3, -0.25) is 4.79 Å². The molecule has 1 heterocycles. The van der Waals surface area contributed by atoms with Crippen LogP contribution in [0.3, 0.4) is 0 Å². The second kappa shape index (κ2) is 4.53.